The molecule has 1 unspecified atom stereocenters. The highest BCUT2D eigenvalue weighted by atomic mass is 79.9. The van der Waals surface area contributed by atoms with Gasteiger partial charge in [0.15, 0.2) is 0 Å². The number of aryl methyl sites for hydroxylation is 2. The van der Waals surface area contributed by atoms with Gasteiger partial charge in [-0.2, -0.15) is 5.10 Å². The first-order valence-corrected chi connectivity index (χ1v) is 8.30. The maximum Gasteiger partial charge on any atom is 0.0770 e. The van der Waals surface area contributed by atoms with Gasteiger partial charge in [0.25, 0.3) is 0 Å². The van der Waals surface area contributed by atoms with Crippen LogP contribution in [0.1, 0.15) is 36.2 Å². The number of halogens is 2. The summed E-state index contributed by atoms with van der Waals surface area (Å²) < 4.78 is 4.07. The predicted molar refractivity (Wildman–Crippen MR) is 89.9 cm³/mol. The molecular formula is C15H19Br2N3. The van der Waals surface area contributed by atoms with Crippen LogP contribution in [0.5, 0.6) is 0 Å². The van der Waals surface area contributed by atoms with Gasteiger partial charge in [0.1, 0.15) is 0 Å². The molecule has 1 heterocycles. The van der Waals surface area contributed by atoms with Crippen LogP contribution in [0.3, 0.4) is 0 Å². The molecule has 1 N–H and O–H groups in total. The van der Waals surface area contributed by atoms with Crippen LogP contribution in [0.25, 0.3) is 0 Å². The lowest BCUT2D eigenvalue weighted by atomic mass is 10.0. The number of hydrogen-bond donors (Lipinski definition) is 1. The fourth-order valence-corrected chi connectivity index (χ4v) is 3.32. The van der Waals surface area contributed by atoms with E-state index >= 15 is 0 Å². The SMILES string of the molecule is CCCNC(c1cc(C)ccc1Br)c1c(Br)cnn1C. The topological polar surface area (TPSA) is 29.9 Å². The van der Waals surface area contributed by atoms with Crippen LogP contribution < -0.4 is 5.32 Å². The van der Waals surface area contributed by atoms with Crippen molar-refractivity contribution >= 4 is 31.9 Å². The van der Waals surface area contributed by atoms with Crippen LogP contribution >= 0.6 is 31.9 Å². The van der Waals surface area contributed by atoms with Crippen LogP contribution in [0.15, 0.2) is 33.3 Å². The molecule has 0 spiro atoms. The molecule has 0 aliphatic rings. The van der Waals surface area contributed by atoms with E-state index < -0.39 is 0 Å². The second kappa shape index (κ2) is 6.87. The Morgan fingerprint density at radius 3 is 2.65 bits per heavy atom. The van der Waals surface area contributed by atoms with Gasteiger partial charge in [-0.1, -0.05) is 40.5 Å². The van der Waals surface area contributed by atoms with Crippen molar-refractivity contribution < 1.29 is 0 Å². The quantitative estimate of drug-likeness (QED) is 0.808. The first-order valence-electron chi connectivity index (χ1n) is 6.71. The molecule has 2 rings (SSSR count). The van der Waals surface area contributed by atoms with Gasteiger partial charge in [-0.25, -0.2) is 0 Å². The first kappa shape index (κ1) is 15.7. The fourth-order valence-electron chi connectivity index (χ4n) is 2.27. The summed E-state index contributed by atoms with van der Waals surface area (Å²) in [6.45, 7) is 5.25. The molecular weight excluding hydrogens is 382 g/mol. The standard InChI is InChI=1S/C15H19Br2N3/c1-4-7-18-14(15-13(17)9-19-20(15)3)11-8-10(2)5-6-12(11)16/h5-6,8-9,14,18H,4,7H2,1-3H3. The highest BCUT2D eigenvalue weighted by molar-refractivity contribution is 9.10. The van der Waals surface area contributed by atoms with E-state index in [0.717, 1.165) is 27.6 Å². The summed E-state index contributed by atoms with van der Waals surface area (Å²) in [5, 5.41) is 7.95. The Morgan fingerprint density at radius 1 is 1.30 bits per heavy atom. The Bertz CT molecular complexity index is 573. The van der Waals surface area contributed by atoms with Crippen molar-refractivity contribution in [1.82, 2.24) is 15.1 Å². The van der Waals surface area contributed by atoms with E-state index in [1.54, 1.807) is 0 Å². The van der Waals surface area contributed by atoms with Gasteiger partial charge in [0, 0.05) is 11.5 Å². The molecule has 1 aromatic heterocycles. The fraction of sp³-hybridized carbons (Fsp3) is 0.400. The first-order chi connectivity index (χ1) is 9.54. The number of rotatable bonds is 5. The number of benzene rings is 1. The molecule has 0 fully saturated rings. The average Bonchev–Trinajstić information content (AvgIpc) is 2.74. The Labute approximate surface area is 137 Å². The maximum absolute atomic E-state index is 4.34. The van der Waals surface area contributed by atoms with Gasteiger partial charge in [0.2, 0.25) is 0 Å². The number of nitrogens with zero attached hydrogens (tertiary/aromatic N) is 2. The Kier molecular flexibility index (Phi) is 5.41. The number of aromatic nitrogens is 2. The molecule has 0 saturated heterocycles. The zero-order chi connectivity index (χ0) is 14.7. The smallest absolute Gasteiger partial charge is 0.0770 e. The van der Waals surface area contributed by atoms with Gasteiger partial charge in [0.05, 0.1) is 22.4 Å². The second-order valence-corrected chi connectivity index (χ2v) is 6.62. The molecule has 1 atom stereocenters. The molecule has 108 valence electrons. The van der Waals surface area contributed by atoms with E-state index in [-0.39, 0.29) is 6.04 Å². The maximum atomic E-state index is 4.34. The Hall–Kier alpha value is -0.650. The minimum absolute atomic E-state index is 0.117. The molecule has 20 heavy (non-hydrogen) atoms. The minimum atomic E-state index is 0.117. The van der Waals surface area contributed by atoms with E-state index in [4.69, 9.17) is 0 Å². The summed E-state index contributed by atoms with van der Waals surface area (Å²) >= 11 is 7.28. The Morgan fingerprint density at radius 2 is 2.05 bits per heavy atom. The normalized spacial score (nSPS) is 12.7. The molecule has 3 nitrogen and oxygen atoms in total. The van der Waals surface area contributed by atoms with Crippen LogP contribution in [0.2, 0.25) is 0 Å². The van der Waals surface area contributed by atoms with Crippen LogP contribution in [-0.2, 0) is 7.05 Å². The molecule has 0 amide bonds. The molecule has 2 aromatic rings. The van der Waals surface area contributed by atoms with Crippen LogP contribution in [0, 0.1) is 6.92 Å². The average molecular weight is 401 g/mol. The highest BCUT2D eigenvalue weighted by Gasteiger charge is 2.22. The third-order valence-electron chi connectivity index (χ3n) is 3.27. The zero-order valence-corrected chi connectivity index (χ0v) is 15.1. The lowest BCUT2D eigenvalue weighted by Crippen LogP contribution is -2.26. The van der Waals surface area contributed by atoms with Gasteiger partial charge in [-0.15, -0.1) is 0 Å². The number of nitrogens with one attached hydrogen (secondary N) is 1. The molecule has 0 saturated carbocycles. The zero-order valence-electron chi connectivity index (χ0n) is 12.0. The third kappa shape index (κ3) is 3.32. The molecule has 0 aliphatic heterocycles. The van der Waals surface area contributed by atoms with Crippen LogP contribution in [0.4, 0.5) is 0 Å². The monoisotopic (exact) mass is 399 g/mol. The molecule has 0 bridgehead atoms. The summed E-state index contributed by atoms with van der Waals surface area (Å²) in [6.07, 6.45) is 2.94. The molecule has 1 aromatic carbocycles. The lowest BCUT2D eigenvalue weighted by Gasteiger charge is -2.22. The van der Waals surface area contributed by atoms with Gasteiger partial charge < -0.3 is 5.32 Å². The largest absolute Gasteiger partial charge is 0.305 e. The highest BCUT2D eigenvalue weighted by Crippen LogP contribution is 2.33. The summed E-state index contributed by atoms with van der Waals surface area (Å²) in [4.78, 5) is 0. The van der Waals surface area contributed by atoms with E-state index in [9.17, 15) is 0 Å². The van der Waals surface area contributed by atoms with Gasteiger partial charge in [-0.3, -0.25) is 4.68 Å². The summed E-state index contributed by atoms with van der Waals surface area (Å²) in [5.74, 6) is 0. The molecule has 0 aliphatic carbocycles. The summed E-state index contributed by atoms with van der Waals surface area (Å²) in [7, 11) is 1.98. The van der Waals surface area contributed by atoms with Crippen molar-refractivity contribution in [3.05, 3.63) is 50.2 Å². The number of hydrogen-bond acceptors (Lipinski definition) is 2. The summed E-state index contributed by atoms with van der Waals surface area (Å²) in [5.41, 5.74) is 3.64. The molecule has 0 radical (unpaired) electrons. The third-order valence-corrected chi connectivity index (χ3v) is 4.61. The molecule has 5 heteroatoms. The van der Waals surface area contributed by atoms with Crippen LogP contribution in [-0.4, -0.2) is 16.3 Å². The summed E-state index contributed by atoms with van der Waals surface area (Å²) in [6, 6.07) is 6.56. The van der Waals surface area contributed by atoms with Gasteiger partial charge >= 0.3 is 0 Å². The van der Waals surface area contributed by atoms with Crippen molar-refractivity contribution in [3.63, 3.8) is 0 Å². The second-order valence-electron chi connectivity index (χ2n) is 4.91. The van der Waals surface area contributed by atoms with E-state index in [1.807, 2.05) is 17.9 Å². The van der Waals surface area contributed by atoms with Crippen molar-refractivity contribution in [3.8, 4) is 0 Å². The van der Waals surface area contributed by atoms with Crippen molar-refractivity contribution in [1.29, 1.82) is 0 Å². The van der Waals surface area contributed by atoms with Crippen molar-refractivity contribution in [2.75, 3.05) is 6.54 Å². The Balaban J connectivity index is 2.50. The predicted octanol–water partition coefficient (Wildman–Crippen LogP) is 4.34. The van der Waals surface area contributed by atoms with Gasteiger partial charge in [-0.05, 0) is 47.4 Å². The van der Waals surface area contributed by atoms with E-state index in [2.05, 4.69) is 74.3 Å². The lowest BCUT2D eigenvalue weighted by molar-refractivity contribution is 0.550. The van der Waals surface area contributed by atoms with Crippen molar-refractivity contribution in [2.45, 2.75) is 26.3 Å². The minimum Gasteiger partial charge on any atom is -0.305 e. The van der Waals surface area contributed by atoms with E-state index in [0.29, 0.717) is 0 Å². The van der Waals surface area contributed by atoms with E-state index in [1.165, 1.54) is 11.1 Å². The van der Waals surface area contributed by atoms with Crippen molar-refractivity contribution in [2.24, 2.45) is 7.05 Å².